The van der Waals surface area contributed by atoms with Gasteiger partial charge in [0, 0.05) is 25.6 Å². The van der Waals surface area contributed by atoms with E-state index in [9.17, 15) is 9.59 Å². The van der Waals surface area contributed by atoms with Gasteiger partial charge in [-0.05, 0) is 37.7 Å². The van der Waals surface area contributed by atoms with Crippen LogP contribution in [-0.4, -0.2) is 46.0 Å². The van der Waals surface area contributed by atoms with Crippen LogP contribution in [0, 0.1) is 0 Å². The summed E-state index contributed by atoms with van der Waals surface area (Å²) in [6.45, 7) is 3.52. The van der Waals surface area contributed by atoms with Gasteiger partial charge in [-0.1, -0.05) is 60.4 Å². The summed E-state index contributed by atoms with van der Waals surface area (Å²) in [5, 5.41) is 8.93. The van der Waals surface area contributed by atoms with Crippen LogP contribution in [0.25, 0.3) is 0 Å². The van der Waals surface area contributed by atoms with Crippen molar-refractivity contribution < 1.29 is 9.59 Å². The Morgan fingerprint density at radius 1 is 1.17 bits per heavy atom. The minimum atomic E-state index is -0.341. The second kappa shape index (κ2) is 9.26. The van der Waals surface area contributed by atoms with Gasteiger partial charge in [-0.3, -0.25) is 14.5 Å². The number of benzene rings is 1. The Balaban J connectivity index is 1.55. The van der Waals surface area contributed by atoms with E-state index >= 15 is 0 Å². The third-order valence-electron chi connectivity index (χ3n) is 5.30. The van der Waals surface area contributed by atoms with E-state index in [1.807, 2.05) is 42.2 Å². The number of carbonyl (C=O) groups excluding carboxylic acids is 2. The number of rotatable bonds is 7. The molecule has 0 unspecified atom stereocenters. The molecule has 2 amide bonds. The van der Waals surface area contributed by atoms with Crippen molar-refractivity contribution in [3.63, 3.8) is 0 Å². The molecular formula is C21H26N4O2S2. The molecule has 1 aromatic carbocycles. The lowest BCUT2D eigenvalue weighted by atomic mass is 10.1. The topological polar surface area (TPSA) is 66.4 Å². The molecule has 2 heterocycles. The van der Waals surface area contributed by atoms with E-state index in [-0.39, 0.29) is 23.1 Å². The Hall–Kier alpha value is -1.93. The van der Waals surface area contributed by atoms with E-state index in [1.165, 1.54) is 29.5 Å². The average Bonchev–Trinajstić information content (AvgIpc) is 3.50. The van der Waals surface area contributed by atoms with Gasteiger partial charge in [-0.25, -0.2) is 0 Å². The van der Waals surface area contributed by atoms with Crippen molar-refractivity contribution in [2.45, 2.75) is 61.1 Å². The summed E-state index contributed by atoms with van der Waals surface area (Å²) in [7, 11) is 0. The Kier molecular flexibility index (Phi) is 6.50. The predicted octanol–water partition coefficient (Wildman–Crippen LogP) is 4.29. The molecule has 1 aliphatic heterocycles. The van der Waals surface area contributed by atoms with Crippen LogP contribution in [-0.2, 0) is 9.59 Å². The minimum Gasteiger partial charge on any atom is -0.341 e. The summed E-state index contributed by atoms with van der Waals surface area (Å²) in [6.07, 6.45) is 5.82. The lowest BCUT2D eigenvalue weighted by molar-refractivity contribution is -0.131. The van der Waals surface area contributed by atoms with Crippen LogP contribution >= 0.6 is 23.1 Å². The van der Waals surface area contributed by atoms with E-state index in [2.05, 4.69) is 10.2 Å². The number of piperidine rings is 1. The zero-order valence-corrected chi connectivity index (χ0v) is 18.3. The summed E-state index contributed by atoms with van der Waals surface area (Å²) in [6, 6.07) is 10.1. The minimum absolute atomic E-state index is 0.0872. The third-order valence-corrected chi connectivity index (χ3v) is 7.55. The van der Waals surface area contributed by atoms with E-state index in [0.717, 1.165) is 48.7 Å². The first-order chi connectivity index (χ1) is 14.2. The second-order valence-corrected chi connectivity index (χ2v) is 9.80. The molecule has 4 rings (SSSR count). The van der Waals surface area contributed by atoms with Crippen LogP contribution in [0.5, 0.6) is 0 Å². The zero-order valence-electron chi connectivity index (χ0n) is 16.6. The first-order valence-electron chi connectivity index (χ1n) is 10.3. The first kappa shape index (κ1) is 20.3. The van der Waals surface area contributed by atoms with Gasteiger partial charge < -0.3 is 4.90 Å². The van der Waals surface area contributed by atoms with Crippen LogP contribution in [0.1, 0.15) is 56.3 Å². The Morgan fingerprint density at radius 2 is 1.90 bits per heavy atom. The molecule has 1 aromatic heterocycles. The van der Waals surface area contributed by atoms with E-state index < -0.39 is 0 Å². The molecule has 6 nitrogen and oxygen atoms in total. The maximum absolute atomic E-state index is 13.3. The Bertz CT molecular complexity index is 847. The number of nitrogens with zero attached hydrogens (tertiary/aromatic N) is 4. The second-order valence-electron chi connectivity index (χ2n) is 7.49. The van der Waals surface area contributed by atoms with Crippen molar-refractivity contribution >= 4 is 40.0 Å². The molecule has 154 valence electrons. The molecule has 0 spiro atoms. The summed E-state index contributed by atoms with van der Waals surface area (Å²) in [5.74, 6) is 0.227. The highest BCUT2D eigenvalue weighted by atomic mass is 32.2. The van der Waals surface area contributed by atoms with Crippen molar-refractivity contribution in [3.8, 4) is 0 Å². The lowest BCUT2D eigenvalue weighted by Crippen LogP contribution is -2.38. The van der Waals surface area contributed by atoms with Crippen molar-refractivity contribution in [1.29, 1.82) is 0 Å². The summed E-state index contributed by atoms with van der Waals surface area (Å²) >= 11 is 2.86. The van der Waals surface area contributed by atoms with E-state index in [0.29, 0.717) is 11.6 Å². The molecule has 2 aliphatic rings. The summed E-state index contributed by atoms with van der Waals surface area (Å²) < 4.78 is 0.730. The van der Waals surface area contributed by atoms with Gasteiger partial charge in [0.15, 0.2) is 4.34 Å². The molecule has 2 aromatic rings. The van der Waals surface area contributed by atoms with Crippen molar-refractivity contribution in [3.05, 3.63) is 35.9 Å². The number of likely N-dealkylation sites (tertiary alicyclic amines) is 1. The SMILES string of the molecule is CCC(=O)N(c1nnc(S[C@H](C(=O)N2CCCCC2)c2ccccc2)s1)C1CC1. The maximum Gasteiger partial charge on any atom is 0.240 e. The molecular weight excluding hydrogens is 404 g/mol. The number of carbonyl (C=O) groups is 2. The van der Waals surface area contributed by atoms with Crippen molar-refractivity contribution in [2.75, 3.05) is 18.0 Å². The lowest BCUT2D eigenvalue weighted by Gasteiger charge is -2.30. The summed E-state index contributed by atoms with van der Waals surface area (Å²) in [4.78, 5) is 29.4. The zero-order chi connectivity index (χ0) is 20.2. The van der Waals surface area contributed by atoms with Crippen LogP contribution < -0.4 is 4.90 Å². The molecule has 0 bridgehead atoms. The number of hydrogen-bond donors (Lipinski definition) is 0. The fourth-order valence-corrected chi connectivity index (χ4v) is 5.79. The standard InChI is InChI=1S/C21H26N4O2S2/c1-2-17(26)25(16-11-12-16)20-22-23-21(29-20)28-18(15-9-5-3-6-10-15)19(27)24-13-7-4-8-14-24/h3,5-6,9-10,16,18H,2,4,7-8,11-14H2,1H3/t18-/m0/s1. The average molecular weight is 431 g/mol. The van der Waals surface area contributed by atoms with Gasteiger partial charge in [0.25, 0.3) is 0 Å². The number of aromatic nitrogens is 2. The van der Waals surface area contributed by atoms with Crippen LogP contribution in [0.3, 0.4) is 0 Å². The van der Waals surface area contributed by atoms with E-state index in [4.69, 9.17) is 0 Å². The van der Waals surface area contributed by atoms with Gasteiger partial charge in [0.05, 0.1) is 0 Å². The number of thioether (sulfide) groups is 1. The van der Waals surface area contributed by atoms with Crippen LogP contribution in [0.4, 0.5) is 5.13 Å². The fourth-order valence-electron chi connectivity index (χ4n) is 3.59. The fraction of sp³-hybridized carbons (Fsp3) is 0.524. The van der Waals surface area contributed by atoms with Gasteiger partial charge in [0.2, 0.25) is 16.9 Å². The molecule has 1 atom stereocenters. The molecule has 2 fully saturated rings. The molecule has 1 aliphatic carbocycles. The summed E-state index contributed by atoms with van der Waals surface area (Å²) in [5.41, 5.74) is 0.980. The maximum atomic E-state index is 13.3. The normalized spacial score (nSPS) is 17.8. The van der Waals surface area contributed by atoms with Crippen molar-refractivity contribution in [1.82, 2.24) is 15.1 Å². The van der Waals surface area contributed by atoms with Gasteiger partial charge >= 0.3 is 0 Å². The van der Waals surface area contributed by atoms with Crippen LogP contribution in [0.15, 0.2) is 34.7 Å². The monoisotopic (exact) mass is 430 g/mol. The number of hydrogen-bond acceptors (Lipinski definition) is 6. The highest BCUT2D eigenvalue weighted by Crippen LogP contribution is 2.42. The predicted molar refractivity (Wildman–Crippen MR) is 116 cm³/mol. The molecule has 1 saturated heterocycles. The van der Waals surface area contributed by atoms with Gasteiger partial charge in [-0.2, -0.15) is 0 Å². The van der Waals surface area contributed by atoms with Crippen molar-refractivity contribution in [2.24, 2.45) is 0 Å². The smallest absolute Gasteiger partial charge is 0.240 e. The third kappa shape index (κ3) is 4.80. The van der Waals surface area contributed by atoms with Gasteiger partial charge in [-0.15, -0.1) is 10.2 Å². The highest BCUT2D eigenvalue weighted by Gasteiger charge is 2.36. The molecule has 29 heavy (non-hydrogen) atoms. The highest BCUT2D eigenvalue weighted by molar-refractivity contribution is 8.01. The largest absolute Gasteiger partial charge is 0.341 e. The first-order valence-corrected chi connectivity index (χ1v) is 12.0. The Labute approximate surface area is 179 Å². The number of amides is 2. The molecule has 0 radical (unpaired) electrons. The molecule has 8 heteroatoms. The van der Waals surface area contributed by atoms with E-state index in [1.54, 1.807) is 4.90 Å². The van der Waals surface area contributed by atoms with Crippen LogP contribution in [0.2, 0.25) is 0 Å². The number of anilines is 1. The quantitative estimate of drug-likeness (QED) is 0.484. The molecule has 0 N–H and O–H groups in total. The van der Waals surface area contributed by atoms with Gasteiger partial charge in [0.1, 0.15) is 5.25 Å². The Morgan fingerprint density at radius 3 is 2.55 bits per heavy atom. The molecule has 1 saturated carbocycles.